The van der Waals surface area contributed by atoms with E-state index in [4.69, 9.17) is 0 Å². The number of hydrogen-bond acceptors (Lipinski definition) is 5. The quantitative estimate of drug-likeness (QED) is 0.378. The van der Waals surface area contributed by atoms with Gasteiger partial charge in [-0.15, -0.1) is 0 Å². The molecule has 1 amide bonds. The van der Waals surface area contributed by atoms with Crippen molar-refractivity contribution in [2.45, 2.75) is 5.75 Å². The first-order valence-electron chi connectivity index (χ1n) is 8.92. The highest BCUT2D eigenvalue weighted by atomic mass is 32.2. The first-order chi connectivity index (χ1) is 14.4. The molecule has 4 aromatic rings. The molecule has 4 N–H and O–H groups in total. The average molecular weight is 423 g/mol. The number of nitrogens with zero attached hydrogens (tertiary/aromatic N) is 1. The zero-order valence-electron chi connectivity index (χ0n) is 15.5. The van der Waals surface area contributed by atoms with Gasteiger partial charge in [0.25, 0.3) is 11.5 Å². The van der Waals surface area contributed by atoms with Crippen LogP contribution in [0.1, 0.15) is 15.9 Å². The molecule has 0 atom stereocenters. The van der Waals surface area contributed by atoms with Gasteiger partial charge in [-0.25, -0.2) is 13.4 Å². The highest BCUT2D eigenvalue weighted by Gasteiger charge is 2.16. The molecule has 2 aromatic heterocycles. The summed E-state index contributed by atoms with van der Waals surface area (Å²) < 4.78 is 27.4. The van der Waals surface area contributed by atoms with Gasteiger partial charge in [0.15, 0.2) is 0 Å². The summed E-state index contributed by atoms with van der Waals surface area (Å²) in [6, 6.07) is 15.1. The Kier molecular flexibility index (Phi) is 5.07. The molecule has 0 bridgehead atoms. The molecule has 0 aliphatic rings. The van der Waals surface area contributed by atoms with Crippen molar-refractivity contribution in [3.8, 4) is 0 Å². The molecule has 0 aliphatic heterocycles. The van der Waals surface area contributed by atoms with Crippen molar-refractivity contribution < 1.29 is 13.2 Å². The molecule has 0 aliphatic carbocycles. The van der Waals surface area contributed by atoms with Crippen LogP contribution in [0.25, 0.3) is 11.0 Å². The highest BCUT2D eigenvalue weighted by molar-refractivity contribution is 7.91. The highest BCUT2D eigenvalue weighted by Crippen LogP contribution is 2.20. The number of hydrogen-bond donors (Lipinski definition) is 4. The Morgan fingerprint density at radius 1 is 1.00 bits per heavy atom. The monoisotopic (exact) mass is 423 g/mol. The van der Waals surface area contributed by atoms with Crippen LogP contribution in [-0.2, 0) is 15.8 Å². The van der Waals surface area contributed by atoms with E-state index in [1.807, 2.05) is 6.07 Å². The molecule has 4 rings (SSSR count). The van der Waals surface area contributed by atoms with Gasteiger partial charge in [0.1, 0.15) is 5.65 Å². The van der Waals surface area contributed by atoms with E-state index in [1.165, 1.54) is 18.6 Å². The summed E-state index contributed by atoms with van der Waals surface area (Å²) in [7, 11) is -3.63. The van der Waals surface area contributed by atoms with Gasteiger partial charge < -0.3 is 15.3 Å². The van der Waals surface area contributed by atoms with Gasteiger partial charge >= 0.3 is 0 Å². The molecule has 0 unspecified atom stereocenters. The molecule has 2 aromatic carbocycles. The summed E-state index contributed by atoms with van der Waals surface area (Å²) in [5.74, 6) is -0.695. The Balaban J connectivity index is 1.52. The van der Waals surface area contributed by atoms with Crippen LogP contribution in [0.15, 0.2) is 71.9 Å². The predicted molar refractivity (Wildman–Crippen MR) is 114 cm³/mol. The van der Waals surface area contributed by atoms with Crippen molar-refractivity contribution in [2.24, 2.45) is 0 Å². The van der Waals surface area contributed by atoms with Crippen molar-refractivity contribution in [3.63, 3.8) is 0 Å². The standard InChI is InChI=1S/C20H17N5O4S/c26-19(16-10-21-18-17(16)20(27)23-12-22-18)24-14-7-4-8-15(9-14)25-30(28,29)11-13-5-2-1-3-6-13/h1-10,12,25H,11H2,(H,24,26)(H2,21,22,23,27). The summed E-state index contributed by atoms with van der Waals surface area (Å²) in [5, 5.41) is 2.81. The van der Waals surface area contributed by atoms with Gasteiger partial charge in [0, 0.05) is 11.9 Å². The molecule has 0 spiro atoms. The molecule has 152 valence electrons. The van der Waals surface area contributed by atoms with E-state index in [-0.39, 0.29) is 16.7 Å². The summed E-state index contributed by atoms with van der Waals surface area (Å²) in [5.41, 5.74) is 1.33. The lowest BCUT2D eigenvalue weighted by molar-refractivity contribution is 0.102. The minimum atomic E-state index is -3.63. The Hall–Kier alpha value is -3.92. The maximum Gasteiger partial charge on any atom is 0.261 e. The van der Waals surface area contributed by atoms with Gasteiger partial charge in [-0.05, 0) is 23.8 Å². The van der Waals surface area contributed by atoms with Crippen molar-refractivity contribution in [1.82, 2.24) is 15.0 Å². The number of carbonyl (C=O) groups is 1. The van der Waals surface area contributed by atoms with E-state index in [0.29, 0.717) is 22.6 Å². The molecule has 0 saturated carbocycles. The lowest BCUT2D eigenvalue weighted by Crippen LogP contribution is -2.16. The second-order valence-electron chi connectivity index (χ2n) is 6.54. The Morgan fingerprint density at radius 2 is 1.77 bits per heavy atom. The zero-order chi connectivity index (χ0) is 21.1. The van der Waals surface area contributed by atoms with Crippen LogP contribution < -0.4 is 15.6 Å². The summed E-state index contributed by atoms with van der Waals surface area (Å²) in [6.07, 6.45) is 2.64. The lowest BCUT2D eigenvalue weighted by Gasteiger charge is -2.10. The van der Waals surface area contributed by atoms with Gasteiger partial charge in [0.2, 0.25) is 10.0 Å². The first-order valence-corrected chi connectivity index (χ1v) is 10.6. The molecular formula is C20H17N5O4S. The normalized spacial score (nSPS) is 11.3. The average Bonchev–Trinajstić information content (AvgIpc) is 3.14. The number of sulfonamides is 1. The SMILES string of the molecule is O=C(Nc1cccc(NS(=O)(=O)Cc2ccccc2)c1)c1c[nH]c2nc[nH]c(=O)c12. The van der Waals surface area contributed by atoms with Gasteiger partial charge in [-0.2, -0.15) is 0 Å². The van der Waals surface area contributed by atoms with Crippen molar-refractivity contribution in [1.29, 1.82) is 0 Å². The zero-order valence-corrected chi connectivity index (χ0v) is 16.4. The summed E-state index contributed by atoms with van der Waals surface area (Å²) in [6.45, 7) is 0. The third-order valence-electron chi connectivity index (χ3n) is 4.31. The third kappa shape index (κ3) is 4.23. The second-order valence-corrected chi connectivity index (χ2v) is 8.26. The molecular weight excluding hydrogens is 406 g/mol. The Bertz CT molecular complexity index is 1380. The van der Waals surface area contributed by atoms with Crippen molar-refractivity contribution >= 4 is 38.3 Å². The number of H-pyrrole nitrogens is 2. The number of aromatic amines is 2. The molecule has 0 fully saturated rings. The summed E-state index contributed by atoms with van der Waals surface area (Å²) in [4.78, 5) is 33.8. The van der Waals surface area contributed by atoms with E-state index in [1.54, 1.807) is 42.5 Å². The Labute approximate surface area is 171 Å². The van der Waals surface area contributed by atoms with E-state index in [0.717, 1.165) is 0 Å². The van der Waals surface area contributed by atoms with Crippen LogP contribution in [0.2, 0.25) is 0 Å². The van der Waals surface area contributed by atoms with Crippen LogP contribution in [0.5, 0.6) is 0 Å². The smallest absolute Gasteiger partial charge is 0.261 e. The molecule has 10 heteroatoms. The van der Waals surface area contributed by atoms with Crippen molar-refractivity contribution in [2.75, 3.05) is 10.0 Å². The number of anilines is 2. The molecule has 0 radical (unpaired) electrons. The topological polar surface area (TPSA) is 137 Å². The number of carbonyl (C=O) groups excluding carboxylic acids is 1. The first kappa shape index (κ1) is 19.4. The molecule has 30 heavy (non-hydrogen) atoms. The number of benzene rings is 2. The van der Waals surface area contributed by atoms with E-state index in [2.05, 4.69) is 25.0 Å². The third-order valence-corrected chi connectivity index (χ3v) is 5.57. The minimum absolute atomic E-state index is 0.134. The second kappa shape index (κ2) is 7.84. The predicted octanol–water partition coefficient (Wildman–Crippen LogP) is 2.45. The van der Waals surface area contributed by atoms with Gasteiger partial charge in [-0.1, -0.05) is 36.4 Å². The van der Waals surface area contributed by atoms with E-state index < -0.39 is 21.5 Å². The number of rotatable bonds is 6. The van der Waals surface area contributed by atoms with Gasteiger partial charge in [0.05, 0.1) is 28.7 Å². The van der Waals surface area contributed by atoms with Crippen LogP contribution in [-0.4, -0.2) is 29.3 Å². The van der Waals surface area contributed by atoms with Crippen LogP contribution in [0.3, 0.4) is 0 Å². The number of fused-ring (bicyclic) bond motifs is 1. The van der Waals surface area contributed by atoms with E-state index in [9.17, 15) is 18.0 Å². The number of nitrogens with one attached hydrogen (secondary N) is 4. The fourth-order valence-electron chi connectivity index (χ4n) is 3.02. The summed E-state index contributed by atoms with van der Waals surface area (Å²) >= 11 is 0. The maximum absolute atomic E-state index is 12.6. The number of aromatic nitrogens is 3. The van der Waals surface area contributed by atoms with Crippen LogP contribution >= 0.6 is 0 Å². The van der Waals surface area contributed by atoms with Crippen LogP contribution in [0.4, 0.5) is 11.4 Å². The fourth-order valence-corrected chi connectivity index (χ4v) is 4.21. The van der Waals surface area contributed by atoms with Crippen molar-refractivity contribution in [3.05, 3.63) is 88.6 Å². The number of amides is 1. The largest absolute Gasteiger partial charge is 0.345 e. The molecule has 2 heterocycles. The fraction of sp³-hybridized carbons (Fsp3) is 0.0500. The Morgan fingerprint density at radius 3 is 2.57 bits per heavy atom. The minimum Gasteiger partial charge on any atom is -0.345 e. The maximum atomic E-state index is 12.6. The van der Waals surface area contributed by atoms with Gasteiger partial charge in [-0.3, -0.25) is 14.3 Å². The molecule has 0 saturated heterocycles. The molecule has 9 nitrogen and oxygen atoms in total. The van der Waals surface area contributed by atoms with E-state index >= 15 is 0 Å². The van der Waals surface area contributed by atoms with Crippen LogP contribution in [0, 0.1) is 0 Å². The lowest BCUT2D eigenvalue weighted by atomic mass is 10.2.